The van der Waals surface area contributed by atoms with Gasteiger partial charge in [-0.25, -0.2) is 0 Å². The summed E-state index contributed by atoms with van der Waals surface area (Å²) in [6.07, 6.45) is 18.4. The summed E-state index contributed by atoms with van der Waals surface area (Å²) in [4.78, 5) is 0. The van der Waals surface area contributed by atoms with Gasteiger partial charge in [0.25, 0.3) is 0 Å². The lowest BCUT2D eigenvalue weighted by Crippen LogP contribution is -2.02. The zero-order chi connectivity index (χ0) is 10.5. The van der Waals surface area contributed by atoms with Crippen molar-refractivity contribution in [3.05, 3.63) is 23.8 Å². The van der Waals surface area contributed by atoms with Crippen LogP contribution in [-0.2, 0) is 0 Å². The fraction of sp³-hybridized carbons (Fsp3) is 0.733. The summed E-state index contributed by atoms with van der Waals surface area (Å²) in [5.74, 6) is 1.83. The summed E-state index contributed by atoms with van der Waals surface area (Å²) >= 11 is 0. The molecule has 0 aromatic carbocycles. The zero-order valence-corrected chi connectivity index (χ0v) is 10.0. The predicted octanol–water partition coefficient (Wildman–Crippen LogP) is 4.87. The van der Waals surface area contributed by atoms with Gasteiger partial charge < -0.3 is 0 Å². The van der Waals surface area contributed by atoms with E-state index in [0.717, 1.165) is 11.8 Å². The maximum Gasteiger partial charge on any atom is -0.0197 e. The van der Waals surface area contributed by atoms with Crippen molar-refractivity contribution in [1.29, 1.82) is 0 Å². The molecule has 0 aromatic heterocycles. The molecule has 2 aliphatic rings. The smallest absolute Gasteiger partial charge is 0.0197 e. The van der Waals surface area contributed by atoms with Gasteiger partial charge in [0.2, 0.25) is 0 Å². The maximum absolute atomic E-state index is 2.44. The van der Waals surface area contributed by atoms with Gasteiger partial charge in [0.05, 0.1) is 0 Å². The molecule has 0 nitrogen and oxygen atoms in total. The summed E-state index contributed by atoms with van der Waals surface area (Å²) in [6.45, 7) is 2.34. The second kappa shape index (κ2) is 5.53. The quantitative estimate of drug-likeness (QED) is 0.571. The topological polar surface area (TPSA) is 0 Å². The highest BCUT2D eigenvalue weighted by atomic mass is 14.3. The molecule has 2 rings (SSSR count). The standard InChI is InChI=1S/C15H24/c1-2-13-11-12-14-9-7-5-3-4-6-8-10-15(13)14/h6,8,10,13-14H,2-5,7,9,11-12H2,1H3/b8-6+,15-10-. The highest BCUT2D eigenvalue weighted by molar-refractivity contribution is 5.21. The maximum atomic E-state index is 2.44. The van der Waals surface area contributed by atoms with Gasteiger partial charge in [-0.05, 0) is 50.4 Å². The zero-order valence-electron chi connectivity index (χ0n) is 10.0. The SMILES string of the molecule is CCC1CCC2CCCCC/C=C/C=C/12. The van der Waals surface area contributed by atoms with Crippen molar-refractivity contribution >= 4 is 0 Å². The lowest BCUT2D eigenvalue weighted by molar-refractivity contribution is 0.520. The molecule has 0 aromatic rings. The van der Waals surface area contributed by atoms with Crippen LogP contribution >= 0.6 is 0 Å². The first-order valence-corrected chi connectivity index (χ1v) is 6.78. The lowest BCUT2D eigenvalue weighted by Gasteiger charge is -2.16. The van der Waals surface area contributed by atoms with Crippen LogP contribution in [0.3, 0.4) is 0 Å². The molecule has 0 spiro atoms. The van der Waals surface area contributed by atoms with Gasteiger partial charge in [0.15, 0.2) is 0 Å². The van der Waals surface area contributed by atoms with E-state index in [1.54, 1.807) is 5.57 Å². The molecule has 0 amide bonds. The second-order valence-corrected chi connectivity index (χ2v) is 5.11. The molecule has 1 fully saturated rings. The number of allylic oxidation sites excluding steroid dienone is 4. The average Bonchev–Trinajstić information content (AvgIpc) is 2.66. The molecule has 0 N–H and O–H groups in total. The fourth-order valence-electron chi connectivity index (χ4n) is 3.20. The minimum absolute atomic E-state index is 0.902. The van der Waals surface area contributed by atoms with Crippen LogP contribution in [0.2, 0.25) is 0 Å². The molecule has 0 bridgehead atoms. The Morgan fingerprint density at radius 3 is 2.93 bits per heavy atom. The van der Waals surface area contributed by atoms with E-state index in [-0.39, 0.29) is 0 Å². The fourth-order valence-corrected chi connectivity index (χ4v) is 3.20. The normalized spacial score (nSPS) is 37.8. The number of fused-ring (bicyclic) bond motifs is 1. The van der Waals surface area contributed by atoms with Crippen LogP contribution in [0, 0.1) is 11.8 Å². The lowest BCUT2D eigenvalue weighted by atomic mass is 9.90. The van der Waals surface area contributed by atoms with E-state index < -0.39 is 0 Å². The first-order chi connectivity index (χ1) is 7.42. The molecule has 0 heterocycles. The predicted molar refractivity (Wildman–Crippen MR) is 66.8 cm³/mol. The largest absolute Gasteiger partial charge is 0.0845 e. The molecular formula is C15H24. The van der Waals surface area contributed by atoms with Crippen LogP contribution in [0.25, 0.3) is 0 Å². The molecule has 84 valence electrons. The van der Waals surface area contributed by atoms with Crippen LogP contribution in [0.4, 0.5) is 0 Å². The van der Waals surface area contributed by atoms with E-state index in [0.29, 0.717) is 0 Å². The minimum atomic E-state index is 0.902. The summed E-state index contributed by atoms with van der Waals surface area (Å²) in [5, 5.41) is 0. The van der Waals surface area contributed by atoms with E-state index in [2.05, 4.69) is 25.2 Å². The monoisotopic (exact) mass is 204 g/mol. The van der Waals surface area contributed by atoms with Crippen molar-refractivity contribution in [1.82, 2.24) is 0 Å². The van der Waals surface area contributed by atoms with Gasteiger partial charge in [-0.15, -0.1) is 0 Å². The van der Waals surface area contributed by atoms with E-state index in [4.69, 9.17) is 0 Å². The molecule has 15 heavy (non-hydrogen) atoms. The highest BCUT2D eigenvalue weighted by Crippen LogP contribution is 2.41. The van der Waals surface area contributed by atoms with Gasteiger partial charge >= 0.3 is 0 Å². The molecule has 0 heteroatoms. The number of hydrogen-bond donors (Lipinski definition) is 0. The van der Waals surface area contributed by atoms with Gasteiger partial charge in [-0.2, -0.15) is 0 Å². The molecule has 2 unspecified atom stereocenters. The van der Waals surface area contributed by atoms with E-state index in [1.807, 2.05) is 0 Å². The Bertz CT molecular complexity index is 247. The van der Waals surface area contributed by atoms with Crippen molar-refractivity contribution in [3.63, 3.8) is 0 Å². The van der Waals surface area contributed by atoms with Crippen molar-refractivity contribution in [3.8, 4) is 0 Å². The van der Waals surface area contributed by atoms with E-state index in [1.165, 1.54) is 51.4 Å². The van der Waals surface area contributed by atoms with Crippen LogP contribution in [0.5, 0.6) is 0 Å². The Kier molecular flexibility index (Phi) is 4.05. The van der Waals surface area contributed by atoms with Crippen LogP contribution in [0.15, 0.2) is 23.8 Å². The van der Waals surface area contributed by atoms with E-state index >= 15 is 0 Å². The van der Waals surface area contributed by atoms with Crippen molar-refractivity contribution in [2.45, 2.75) is 58.3 Å². The van der Waals surface area contributed by atoms with Gasteiger partial charge in [0.1, 0.15) is 0 Å². The van der Waals surface area contributed by atoms with Gasteiger partial charge in [0, 0.05) is 0 Å². The molecule has 0 saturated heterocycles. The Balaban J connectivity index is 2.10. The third-order valence-electron chi connectivity index (χ3n) is 4.15. The Morgan fingerprint density at radius 2 is 2.07 bits per heavy atom. The van der Waals surface area contributed by atoms with Crippen molar-refractivity contribution in [2.75, 3.05) is 0 Å². The summed E-state index contributed by atoms with van der Waals surface area (Å²) < 4.78 is 0. The van der Waals surface area contributed by atoms with Gasteiger partial charge in [-0.1, -0.05) is 43.6 Å². The van der Waals surface area contributed by atoms with E-state index in [9.17, 15) is 0 Å². The Hall–Kier alpha value is -0.520. The first kappa shape index (κ1) is 11.0. The van der Waals surface area contributed by atoms with Crippen LogP contribution in [0.1, 0.15) is 58.3 Å². The third-order valence-corrected chi connectivity index (χ3v) is 4.15. The highest BCUT2D eigenvalue weighted by Gasteiger charge is 2.27. The van der Waals surface area contributed by atoms with Gasteiger partial charge in [-0.3, -0.25) is 0 Å². The number of rotatable bonds is 1. The third kappa shape index (κ3) is 2.74. The van der Waals surface area contributed by atoms with Crippen molar-refractivity contribution in [2.24, 2.45) is 11.8 Å². The summed E-state index contributed by atoms with van der Waals surface area (Å²) in [7, 11) is 0. The minimum Gasteiger partial charge on any atom is -0.0845 e. The van der Waals surface area contributed by atoms with Crippen LogP contribution in [-0.4, -0.2) is 0 Å². The molecule has 2 aliphatic carbocycles. The second-order valence-electron chi connectivity index (χ2n) is 5.11. The molecule has 0 radical (unpaired) electrons. The van der Waals surface area contributed by atoms with Crippen molar-refractivity contribution < 1.29 is 0 Å². The summed E-state index contributed by atoms with van der Waals surface area (Å²) in [5.41, 5.74) is 1.77. The summed E-state index contributed by atoms with van der Waals surface area (Å²) in [6, 6.07) is 0. The molecular weight excluding hydrogens is 180 g/mol. The van der Waals surface area contributed by atoms with Crippen LogP contribution < -0.4 is 0 Å². The Morgan fingerprint density at radius 1 is 1.13 bits per heavy atom. The number of hydrogen-bond acceptors (Lipinski definition) is 0. The average molecular weight is 204 g/mol. The molecule has 2 atom stereocenters. The first-order valence-electron chi connectivity index (χ1n) is 6.78. The molecule has 0 aliphatic heterocycles. The Labute approximate surface area is 94.5 Å². The molecule has 1 saturated carbocycles.